The van der Waals surface area contributed by atoms with Gasteiger partial charge in [-0.15, -0.1) is 0 Å². The number of halogens is 1. The molecule has 4 fully saturated rings. The molecular weight excluding hydrogens is 330 g/mol. The van der Waals surface area contributed by atoms with Crippen molar-refractivity contribution >= 4 is 28.2 Å². The van der Waals surface area contributed by atoms with E-state index in [1.165, 1.54) is 19.3 Å². The van der Waals surface area contributed by atoms with E-state index in [0.717, 1.165) is 30.3 Å². The molecule has 3 nitrogen and oxygen atoms in total. The Hall–Kier alpha value is -0.870. The maximum Gasteiger partial charge on any atom is 0.151 e. The zero-order valence-electron chi connectivity index (χ0n) is 13.3. The van der Waals surface area contributed by atoms with Crippen LogP contribution in [0.1, 0.15) is 32.1 Å². The van der Waals surface area contributed by atoms with E-state index in [1.54, 1.807) is 18.2 Å². The van der Waals surface area contributed by atoms with Crippen molar-refractivity contribution < 1.29 is 9.00 Å². The second-order valence-corrected chi connectivity index (χ2v) is 9.24. The number of nitrogens with two attached hydrogens (primary N) is 1. The van der Waals surface area contributed by atoms with Crippen LogP contribution in [0.5, 0.6) is 0 Å². The first-order valence-electron chi connectivity index (χ1n) is 8.25. The van der Waals surface area contributed by atoms with Crippen molar-refractivity contribution in [3.63, 3.8) is 0 Å². The molecule has 4 bridgehead atoms. The van der Waals surface area contributed by atoms with Crippen molar-refractivity contribution in [3.8, 4) is 0 Å². The summed E-state index contributed by atoms with van der Waals surface area (Å²) in [6.07, 6.45) is 10.7. The van der Waals surface area contributed by atoms with Crippen molar-refractivity contribution in [1.29, 1.82) is 0 Å². The highest BCUT2D eigenvalue weighted by Gasteiger charge is 2.60. The summed E-state index contributed by atoms with van der Waals surface area (Å²) in [7, 11) is -1.20. The molecule has 0 aromatic heterocycles. The normalized spacial score (nSPS) is 37.2. The van der Waals surface area contributed by atoms with Crippen LogP contribution in [0.3, 0.4) is 0 Å². The van der Waals surface area contributed by atoms with Gasteiger partial charge in [0.25, 0.3) is 0 Å². The number of carbonyl (C=O) groups excluding carboxylic acids is 1. The summed E-state index contributed by atoms with van der Waals surface area (Å²) in [5, 5.41) is 0.170. The molecule has 0 saturated heterocycles. The molecule has 0 aromatic carbocycles. The summed E-state index contributed by atoms with van der Waals surface area (Å²) >= 11 is 5.59. The summed E-state index contributed by atoms with van der Waals surface area (Å²) < 4.78 is 12.4. The predicted octanol–water partition coefficient (Wildman–Crippen LogP) is 3.28. The Morgan fingerprint density at radius 2 is 1.87 bits per heavy atom. The number of Topliss-reactive ketones (excluding diaryl/α,β-unsaturated/α-hetero) is 1. The number of hydrogen-bond acceptors (Lipinski definition) is 3. The van der Waals surface area contributed by atoms with Crippen LogP contribution in [0, 0.1) is 23.2 Å². The highest BCUT2D eigenvalue weighted by atomic mass is 35.5. The number of ketones is 1. The van der Waals surface area contributed by atoms with Crippen LogP contribution in [0.15, 0.2) is 35.5 Å². The third-order valence-electron chi connectivity index (χ3n) is 5.88. The van der Waals surface area contributed by atoms with Gasteiger partial charge in [0, 0.05) is 22.0 Å². The summed E-state index contributed by atoms with van der Waals surface area (Å²) in [5.74, 6) is 2.77. The summed E-state index contributed by atoms with van der Waals surface area (Å²) in [6.45, 7) is 3.72. The fraction of sp³-hybridized carbons (Fsp3) is 0.611. The van der Waals surface area contributed by atoms with E-state index in [4.69, 9.17) is 17.3 Å². The highest BCUT2D eigenvalue weighted by molar-refractivity contribution is 7.85. The molecular formula is C18H24ClNO2S. The molecule has 2 N–H and O–H groups in total. The van der Waals surface area contributed by atoms with Gasteiger partial charge in [-0.2, -0.15) is 0 Å². The largest absolute Gasteiger partial charge is 0.389 e. The molecule has 5 heteroatoms. The smallest absolute Gasteiger partial charge is 0.151 e. The first-order valence-corrected chi connectivity index (χ1v) is 10.1. The Labute approximate surface area is 145 Å². The van der Waals surface area contributed by atoms with Gasteiger partial charge in [-0.3, -0.25) is 9.00 Å². The first-order chi connectivity index (χ1) is 10.9. The monoisotopic (exact) mass is 353 g/mol. The number of carbonyl (C=O) groups is 1. The third-order valence-corrected chi connectivity index (χ3v) is 7.25. The van der Waals surface area contributed by atoms with E-state index in [1.807, 2.05) is 0 Å². The number of rotatable bonds is 7. The number of hydrogen-bond donors (Lipinski definition) is 1. The SMILES string of the molecule is C=C/C(=C\C=C(/N)Cl)CS(=O)CC(=O)C12CC3CC(CC1C3)C2. The van der Waals surface area contributed by atoms with Gasteiger partial charge < -0.3 is 5.73 Å². The average molecular weight is 354 g/mol. The van der Waals surface area contributed by atoms with Crippen LogP contribution in [-0.2, 0) is 15.6 Å². The summed E-state index contributed by atoms with van der Waals surface area (Å²) in [5.41, 5.74) is 6.03. The quantitative estimate of drug-likeness (QED) is 0.564. The van der Waals surface area contributed by atoms with Gasteiger partial charge in [-0.1, -0.05) is 30.3 Å². The Bertz CT molecular complexity index is 592. The molecule has 4 aliphatic carbocycles. The van der Waals surface area contributed by atoms with Crippen molar-refractivity contribution in [3.05, 3.63) is 35.5 Å². The van der Waals surface area contributed by atoms with Gasteiger partial charge in [-0.25, -0.2) is 0 Å². The maximum absolute atomic E-state index is 12.9. The van der Waals surface area contributed by atoms with E-state index in [0.29, 0.717) is 11.7 Å². The zero-order chi connectivity index (χ0) is 16.6. The highest BCUT2D eigenvalue weighted by Crippen LogP contribution is 2.65. The molecule has 0 aromatic rings. The fourth-order valence-corrected chi connectivity index (χ4v) is 6.47. The van der Waals surface area contributed by atoms with Gasteiger partial charge in [0.05, 0.1) is 10.9 Å². The molecule has 3 unspecified atom stereocenters. The lowest BCUT2D eigenvalue weighted by Crippen LogP contribution is -2.36. The minimum absolute atomic E-state index is 0.137. The second kappa shape index (κ2) is 6.56. The molecule has 0 heterocycles. The Kier molecular flexibility index (Phi) is 4.84. The molecule has 4 rings (SSSR count). The van der Waals surface area contributed by atoms with Crippen LogP contribution in [0.2, 0.25) is 0 Å². The van der Waals surface area contributed by atoms with Gasteiger partial charge in [-0.05, 0) is 61.5 Å². The van der Waals surface area contributed by atoms with Crippen molar-refractivity contribution in [2.75, 3.05) is 11.5 Å². The van der Waals surface area contributed by atoms with Crippen LogP contribution in [0.4, 0.5) is 0 Å². The molecule has 0 radical (unpaired) electrons. The van der Waals surface area contributed by atoms with Crippen LogP contribution in [0.25, 0.3) is 0 Å². The van der Waals surface area contributed by atoms with Crippen molar-refractivity contribution in [2.24, 2.45) is 28.9 Å². The summed E-state index contributed by atoms with van der Waals surface area (Å²) in [6, 6.07) is 0. The van der Waals surface area contributed by atoms with Crippen LogP contribution in [-0.4, -0.2) is 21.5 Å². The van der Waals surface area contributed by atoms with Gasteiger partial charge >= 0.3 is 0 Å². The molecule has 0 aliphatic heterocycles. The standard InChI is InChI=1S/C18H24ClNO2S/c1-2-12(3-4-17(19)20)10-23(22)11-16(21)18-8-13-5-14(9-18)7-15(18)6-13/h2-4,13-15H,1,5-11,20H2/b12-3+,17-4-. The molecule has 0 spiro atoms. The molecule has 23 heavy (non-hydrogen) atoms. The Balaban J connectivity index is 1.62. The van der Waals surface area contributed by atoms with E-state index in [-0.39, 0.29) is 22.1 Å². The topological polar surface area (TPSA) is 60.2 Å². The van der Waals surface area contributed by atoms with E-state index in [2.05, 4.69) is 6.58 Å². The van der Waals surface area contributed by atoms with E-state index >= 15 is 0 Å². The van der Waals surface area contributed by atoms with Crippen molar-refractivity contribution in [2.45, 2.75) is 32.1 Å². The second-order valence-electron chi connectivity index (χ2n) is 7.35. The predicted molar refractivity (Wildman–Crippen MR) is 95.3 cm³/mol. The van der Waals surface area contributed by atoms with Crippen LogP contribution < -0.4 is 5.73 Å². The minimum Gasteiger partial charge on any atom is -0.389 e. The lowest BCUT2D eigenvalue weighted by molar-refractivity contribution is -0.127. The lowest BCUT2D eigenvalue weighted by Gasteiger charge is -2.31. The average Bonchev–Trinajstić information content (AvgIpc) is 2.89. The third kappa shape index (κ3) is 3.34. The zero-order valence-corrected chi connectivity index (χ0v) is 14.9. The molecule has 126 valence electrons. The van der Waals surface area contributed by atoms with E-state index in [9.17, 15) is 9.00 Å². The van der Waals surface area contributed by atoms with Gasteiger partial charge in [0.15, 0.2) is 5.78 Å². The molecule has 3 atom stereocenters. The molecule has 0 amide bonds. The fourth-order valence-electron chi connectivity index (χ4n) is 5.14. The molecule has 4 aliphatic rings. The van der Waals surface area contributed by atoms with Gasteiger partial charge in [0.2, 0.25) is 0 Å². The lowest BCUT2D eigenvalue weighted by atomic mass is 9.73. The van der Waals surface area contributed by atoms with Gasteiger partial charge in [0.1, 0.15) is 0 Å². The maximum atomic E-state index is 12.9. The molecule has 4 saturated carbocycles. The Morgan fingerprint density at radius 1 is 1.22 bits per heavy atom. The van der Waals surface area contributed by atoms with Crippen LogP contribution >= 0.6 is 11.6 Å². The first kappa shape index (κ1) is 17.0. The Morgan fingerprint density at radius 3 is 2.43 bits per heavy atom. The number of allylic oxidation sites excluding steroid dienone is 3. The minimum atomic E-state index is -1.20. The van der Waals surface area contributed by atoms with E-state index < -0.39 is 10.8 Å². The van der Waals surface area contributed by atoms with Crippen molar-refractivity contribution in [1.82, 2.24) is 0 Å². The summed E-state index contributed by atoms with van der Waals surface area (Å²) in [4.78, 5) is 12.9.